The van der Waals surface area contributed by atoms with Gasteiger partial charge in [0.15, 0.2) is 0 Å². The van der Waals surface area contributed by atoms with Gasteiger partial charge in [0.05, 0.1) is 6.61 Å². The normalized spacial score (nSPS) is 20.0. The average Bonchev–Trinajstić information content (AvgIpc) is 2.48. The molecule has 1 atom stereocenters. The average molecular weight is 382 g/mol. The largest absolute Gasteiger partial charge is 0.508 e. The summed E-state index contributed by atoms with van der Waals surface area (Å²) < 4.78 is 4.98. The van der Waals surface area contributed by atoms with Crippen LogP contribution in [0, 0.1) is 5.92 Å². The Morgan fingerprint density at radius 3 is 2.96 bits per heavy atom. The van der Waals surface area contributed by atoms with Crippen LogP contribution in [0.4, 0.5) is 0 Å². The van der Waals surface area contributed by atoms with Gasteiger partial charge in [-0.05, 0) is 41.8 Å². The number of likely N-dealkylation sites (tertiary alicyclic amines) is 1. The predicted octanol–water partition coefficient (Wildman–Crippen LogP) is 2.28. The van der Waals surface area contributed by atoms with Crippen molar-refractivity contribution >= 4 is 40.4 Å². The van der Waals surface area contributed by atoms with E-state index in [9.17, 15) is 14.7 Å². The number of Topliss-reactive ketones (excluding diaryl/α,β-unsaturated/α-hetero) is 1. The molecule has 1 heterocycles. The number of halogens is 1. The van der Waals surface area contributed by atoms with Crippen molar-refractivity contribution in [3.05, 3.63) is 29.3 Å². The Labute approximate surface area is 145 Å². The minimum absolute atomic E-state index is 0. The first-order valence-corrected chi connectivity index (χ1v) is 7.54. The molecule has 124 valence electrons. The molecule has 0 spiro atoms. The Hall–Kier alpha value is -1.66. The number of fused-ring (bicyclic) bond motifs is 1. The molecule has 3 rings (SSSR count). The van der Waals surface area contributed by atoms with Gasteiger partial charge in [-0.1, -0.05) is 6.07 Å². The molecule has 1 aliphatic carbocycles. The van der Waals surface area contributed by atoms with Crippen LogP contribution in [0.15, 0.2) is 18.2 Å². The third-order valence-electron chi connectivity index (χ3n) is 4.18. The van der Waals surface area contributed by atoms with E-state index in [0.29, 0.717) is 32.7 Å². The standard InChI is InChI=1S/C17H19NO4.BrH/c1-2-22-17(21)15-10-18(6-5-16(15)20)9-12-7-11-3-4-13(19)8-14(11)12;/h3-4,7-8,15,19H,2,5-6,9-10H2,1H3;1H. The summed E-state index contributed by atoms with van der Waals surface area (Å²) in [5, 5.41) is 9.56. The molecule has 1 aliphatic heterocycles. The van der Waals surface area contributed by atoms with Gasteiger partial charge in [-0.3, -0.25) is 14.5 Å². The number of ketones is 1. The summed E-state index contributed by atoms with van der Waals surface area (Å²) in [5.74, 6) is -0.867. The summed E-state index contributed by atoms with van der Waals surface area (Å²) in [6.45, 7) is 3.77. The third-order valence-corrected chi connectivity index (χ3v) is 4.18. The minimum Gasteiger partial charge on any atom is -0.508 e. The highest BCUT2D eigenvalue weighted by Crippen LogP contribution is 2.35. The molecule has 0 saturated carbocycles. The van der Waals surface area contributed by atoms with E-state index in [2.05, 4.69) is 11.0 Å². The summed E-state index contributed by atoms with van der Waals surface area (Å²) in [5.41, 5.74) is 3.29. The van der Waals surface area contributed by atoms with Crippen LogP contribution in [-0.4, -0.2) is 48.0 Å². The van der Waals surface area contributed by atoms with Crippen molar-refractivity contribution in [2.45, 2.75) is 13.3 Å². The number of benzene rings is 1. The number of esters is 1. The number of carbonyl (C=O) groups is 2. The van der Waals surface area contributed by atoms with Crippen molar-refractivity contribution in [1.29, 1.82) is 0 Å². The maximum atomic E-state index is 11.9. The Kier molecular flexibility index (Phi) is 5.59. The lowest BCUT2D eigenvalue weighted by atomic mass is 9.87. The van der Waals surface area contributed by atoms with E-state index < -0.39 is 11.9 Å². The highest BCUT2D eigenvalue weighted by molar-refractivity contribution is 8.93. The number of ether oxygens (including phenoxy) is 1. The minimum atomic E-state index is -0.668. The summed E-state index contributed by atoms with van der Waals surface area (Å²) >= 11 is 0. The fourth-order valence-electron chi connectivity index (χ4n) is 2.99. The number of phenols is 1. The Morgan fingerprint density at radius 2 is 2.22 bits per heavy atom. The van der Waals surface area contributed by atoms with Crippen molar-refractivity contribution in [3.63, 3.8) is 0 Å². The molecule has 0 amide bonds. The van der Waals surface area contributed by atoms with Crippen LogP contribution in [0.3, 0.4) is 0 Å². The monoisotopic (exact) mass is 381 g/mol. The first-order valence-electron chi connectivity index (χ1n) is 7.54. The van der Waals surface area contributed by atoms with Crippen LogP contribution in [0.25, 0.3) is 11.6 Å². The lowest BCUT2D eigenvalue weighted by Crippen LogP contribution is -2.45. The van der Waals surface area contributed by atoms with Gasteiger partial charge in [-0.25, -0.2) is 0 Å². The number of piperidine rings is 1. The van der Waals surface area contributed by atoms with Crippen LogP contribution in [0.5, 0.6) is 5.75 Å². The Bertz CT molecular complexity index is 656. The highest BCUT2D eigenvalue weighted by Gasteiger charge is 2.34. The molecule has 0 bridgehead atoms. The predicted molar refractivity (Wildman–Crippen MR) is 92.5 cm³/mol. The molecule has 1 unspecified atom stereocenters. The zero-order valence-electron chi connectivity index (χ0n) is 12.9. The van der Waals surface area contributed by atoms with Gasteiger partial charge in [0.1, 0.15) is 17.5 Å². The zero-order chi connectivity index (χ0) is 15.7. The number of rotatable bonds is 4. The number of hydrogen-bond donors (Lipinski definition) is 1. The molecule has 5 nitrogen and oxygen atoms in total. The Balaban J connectivity index is 0.00000192. The van der Waals surface area contributed by atoms with E-state index in [1.165, 1.54) is 0 Å². The third kappa shape index (κ3) is 3.64. The fourth-order valence-corrected chi connectivity index (χ4v) is 2.99. The lowest BCUT2D eigenvalue weighted by Gasteiger charge is -2.33. The van der Waals surface area contributed by atoms with Gasteiger partial charge >= 0.3 is 5.97 Å². The summed E-state index contributed by atoms with van der Waals surface area (Å²) in [6.07, 6.45) is 2.45. The molecule has 6 heteroatoms. The summed E-state index contributed by atoms with van der Waals surface area (Å²) in [4.78, 5) is 25.8. The van der Waals surface area contributed by atoms with Crippen LogP contribution in [-0.2, 0) is 14.3 Å². The fraction of sp³-hybridized carbons (Fsp3) is 0.412. The van der Waals surface area contributed by atoms with Crippen molar-refractivity contribution in [2.75, 3.05) is 26.2 Å². The molecular formula is C17H20BrNO4. The van der Waals surface area contributed by atoms with Gasteiger partial charge in [-0.15, -0.1) is 17.0 Å². The van der Waals surface area contributed by atoms with Gasteiger partial charge < -0.3 is 9.84 Å². The first-order chi connectivity index (χ1) is 10.6. The number of aromatic hydroxyl groups is 1. The number of carbonyl (C=O) groups excluding carboxylic acids is 2. The molecule has 1 N–H and O–H groups in total. The quantitative estimate of drug-likeness (QED) is 0.639. The van der Waals surface area contributed by atoms with Gasteiger partial charge in [-0.2, -0.15) is 0 Å². The van der Waals surface area contributed by atoms with Crippen molar-refractivity contribution in [1.82, 2.24) is 4.90 Å². The molecule has 23 heavy (non-hydrogen) atoms. The Morgan fingerprint density at radius 1 is 1.43 bits per heavy atom. The van der Waals surface area contributed by atoms with E-state index in [-0.39, 0.29) is 28.5 Å². The topological polar surface area (TPSA) is 66.8 Å². The second-order valence-corrected chi connectivity index (χ2v) is 5.70. The smallest absolute Gasteiger partial charge is 0.317 e. The summed E-state index contributed by atoms with van der Waals surface area (Å²) in [7, 11) is 0. The van der Waals surface area contributed by atoms with Gasteiger partial charge in [0.25, 0.3) is 0 Å². The highest BCUT2D eigenvalue weighted by atomic mass is 79.9. The van der Waals surface area contributed by atoms with E-state index in [1.807, 2.05) is 6.07 Å². The molecule has 2 aliphatic rings. The van der Waals surface area contributed by atoms with Crippen molar-refractivity contribution in [3.8, 4) is 5.75 Å². The molecule has 0 aromatic heterocycles. The van der Waals surface area contributed by atoms with Crippen molar-refractivity contribution < 1.29 is 19.4 Å². The maximum Gasteiger partial charge on any atom is 0.317 e. The van der Waals surface area contributed by atoms with Crippen molar-refractivity contribution in [2.24, 2.45) is 5.92 Å². The van der Waals surface area contributed by atoms with E-state index >= 15 is 0 Å². The second kappa shape index (κ2) is 7.27. The maximum absolute atomic E-state index is 11.9. The number of hydrogen-bond acceptors (Lipinski definition) is 5. The number of phenolic OH excluding ortho intramolecular Hbond substituents is 1. The second-order valence-electron chi connectivity index (χ2n) is 5.70. The van der Waals surface area contributed by atoms with E-state index in [0.717, 1.165) is 16.7 Å². The molecule has 1 aromatic carbocycles. The van der Waals surface area contributed by atoms with Crippen LogP contribution in [0.1, 0.15) is 24.5 Å². The molecule has 0 radical (unpaired) electrons. The number of nitrogens with zero attached hydrogens (tertiary/aromatic N) is 1. The van der Waals surface area contributed by atoms with Gasteiger partial charge in [0, 0.05) is 26.1 Å². The van der Waals surface area contributed by atoms with Crippen LogP contribution in [0.2, 0.25) is 0 Å². The zero-order valence-corrected chi connectivity index (χ0v) is 14.7. The molecule has 1 saturated heterocycles. The van der Waals surface area contributed by atoms with Crippen LogP contribution >= 0.6 is 17.0 Å². The van der Waals surface area contributed by atoms with E-state index in [4.69, 9.17) is 4.74 Å². The van der Waals surface area contributed by atoms with Gasteiger partial charge in [0.2, 0.25) is 0 Å². The molecule has 1 aromatic rings. The molecular weight excluding hydrogens is 362 g/mol. The lowest BCUT2D eigenvalue weighted by molar-refractivity contribution is -0.153. The van der Waals surface area contributed by atoms with E-state index in [1.54, 1.807) is 19.1 Å². The molecule has 1 fully saturated rings. The first kappa shape index (κ1) is 17.7. The SMILES string of the molecule is Br.CCOC(=O)C1CN(CC2=Cc3ccc(O)cc32)CCC1=O. The van der Waals surface area contributed by atoms with Crippen LogP contribution < -0.4 is 0 Å². The summed E-state index contributed by atoms with van der Waals surface area (Å²) in [6, 6.07) is 5.31.